The van der Waals surface area contributed by atoms with Crippen molar-refractivity contribution in [2.75, 3.05) is 32.0 Å². The molecule has 2 heterocycles. The summed E-state index contributed by atoms with van der Waals surface area (Å²) in [6, 6.07) is 6.99. The van der Waals surface area contributed by atoms with E-state index in [1.54, 1.807) is 24.8 Å². The fourth-order valence-electron chi connectivity index (χ4n) is 6.42. The number of carbonyl (C=O) groups is 4. The Labute approximate surface area is 284 Å². The Morgan fingerprint density at radius 2 is 1.73 bits per heavy atom. The molecule has 4 amide bonds. The molecule has 1 aromatic heterocycles. The highest BCUT2D eigenvalue weighted by atomic mass is 19.3. The van der Waals surface area contributed by atoms with Crippen LogP contribution in [0.2, 0.25) is 0 Å². The molecule has 1 aromatic carbocycles. The van der Waals surface area contributed by atoms with Crippen LogP contribution in [-0.2, 0) is 21.4 Å². The van der Waals surface area contributed by atoms with Gasteiger partial charge in [-0.25, -0.2) is 4.39 Å². The molecule has 1 saturated carbocycles. The second-order valence-corrected chi connectivity index (χ2v) is 13.0. The Morgan fingerprint density at radius 1 is 1.04 bits per heavy atom. The maximum absolute atomic E-state index is 15.7. The highest BCUT2D eigenvalue weighted by molar-refractivity contribution is 6.01. The van der Waals surface area contributed by atoms with Crippen LogP contribution < -0.4 is 16.0 Å². The lowest BCUT2D eigenvalue weighted by atomic mass is 9.81. The van der Waals surface area contributed by atoms with Crippen molar-refractivity contribution in [3.63, 3.8) is 0 Å². The molecule has 1 aliphatic heterocycles. The molecule has 2 fully saturated rings. The van der Waals surface area contributed by atoms with Gasteiger partial charge in [0.25, 0.3) is 12.0 Å². The standard InChI is InChI=1S/C35H44F3N7O4/c1-6-29(46)41-30(35(49)45-16-15-43(4)20(2)19-45)21(3)24-11-13-27(26(36)17-24)40-34(48)31(22-7-9-23(10-8-22)32(37)38)42-33(47)28-14-12-25(18-39)44(28)5/h11-14,17,20-22,30-31H,6-10,15-16,19H2,1-5H3,(H,40,48)(H,41,46)(H,42,47)/t20-,21+,30-,31?/m1/s1. The minimum atomic E-state index is -1.75. The number of carbonyl (C=O) groups excluding carboxylic acids is 4. The maximum atomic E-state index is 15.7. The highest BCUT2D eigenvalue weighted by Crippen LogP contribution is 2.34. The van der Waals surface area contributed by atoms with Crippen LogP contribution in [0.3, 0.4) is 0 Å². The molecule has 3 N–H and O–H groups in total. The summed E-state index contributed by atoms with van der Waals surface area (Å²) in [5.41, 5.74) is 0.604. The van der Waals surface area contributed by atoms with Crippen LogP contribution in [0.1, 0.15) is 80.5 Å². The fraction of sp³-hybridized carbons (Fsp3) is 0.514. The lowest BCUT2D eigenvalue weighted by Crippen LogP contribution is -2.58. The number of amides is 4. The van der Waals surface area contributed by atoms with Gasteiger partial charge in [0, 0.05) is 45.1 Å². The zero-order chi connectivity index (χ0) is 36.0. The quantitative estimate of drug-likeness (QED) is 0.342. The number of aromatic nitrogens is 1. The van der Waals surface area contributed by atoms with Crippen molar-refractivity contribution in [2.24, 2.45) is 13.0 Å². The minimum Gasteiger partial charge on any atom is -0.344 e. The van der Waals surface area contributed by atoms with E-state index < -0.39 is 47.6 Å². The zero-order valence-corrected chi connectivity index (χ0v) is 28.5. The number of halogens is 3. The van der Waals surface area contributed by atoms with Gasteiger partial charge in [-0.05, 0) is 81.0 Å². The van der Waals surface area contributed by atoms with Crippen LogP contribution >= 0.6 is 0 Å². The van der Waals surface area contributed by atoms with Gasteiger partial charge in [-0.1, -0.05) is 19.9 Å². The normalized spacial score (nSPS) is 20.1. The molecule has 4 atom stereocenters. The van der Waals surface area contributed by atoms with Crippen LogP contribution in [0, 0.1) is 23.1 Å². The van der Waals surface area contributed by atoms with E-state index in [-0.39, 0.29) is 72.6 Å². The number of nitrogens with one attached hydrogen (secondary N) is 3. The largest absolute Gasteiger partial charge is 0.344 e. The summed E-state index contributed by atoms with van der Waals surface area (Å²) in [4.78, 5) is 56.9. The van der Waals surface area contributed by atoms with Crippen LogP contribution in [0.25, 0.3) is 0 Å². The van der Waals surface area contributed by atoms with Crippen molar-refractivity contribution >= 4 is 29.3 Å². The number of hydrogen-bond acceptors (Lipinski definition) is 6. The van der Waals surface area contributed by atoms with Gasteiger partial charge in [-0.3, -0.25) is 19.2 Å². The Hall–Kier alpha value is -4.64. The van der Waals surface area contributed by atoms with Crippen molar-refractivity contribution in [3.05, 3.63) is 64.8 Å². The number of nitrogens with zero attached hydrogens (tertiary/aromatic N) is 4. The number of rotatable bonds is 10. The number of benzene rings is 1. The molecule has 0 bridgehead atoms. The SMILES string of the molecule is CCC(=O)N[C@@H](C(=O)N1CCN(C)[C@H](C)C1)[C@@H](C)c1ccc(NC(=O)C(NC(=O)c2ccc(C#N)n2C)C2CCC(=C(F)F)CC2)c(F)c1. The number of piperazine rings is 1. The third kappa shape index (κ3) is 8.70. The number of likely N-dealkylation sites (N-methyl/N-ethyl adjacent to an activating group) is 1. The van der Waals surface area contributed by atoms with Crippen molar-refractivity contribution in [1.82, 2.24) is 25.0 Å². The second kappa shape index (κ2) is 16.2. The van der Waals surface area contributed by atoms with Crippen molar-refractivity contribution in [2.45, 2.75) is 76.9 Å². The van der Waals surface area contributed by atoms with Crippen molar-refractivity contribution < 1.29 is 32.3 Å². The molecule has 4 rings (SSSR count). The van der Waals surface area contributed by atoms with Gasteiger partial charge >= 0.3 is 0 Å². The molecule has 14 heteroatoms. The molecule has 1 unspecified atom stereocenters. The Balaban J connectivity index is 1.55. The smallest absolute Gasteiger partial charge is 0.269 e. The van der Waals surface area contributed by atoms with E-state index in [9.17, 15) is 33.2 Å². The number of hydrogen-bond donors (Lipinski definition) is 3. The van der Waals surface area contributed by atoms with Gasteiger partial charge in [-0.15, -0.1) is 0 Å². The lowest BCUT2D eigenvalue weighted by molar-refractivity contribution is -0.139. The van der Waals surface area contributed by atoms with Gasteiger partial charge in [0.15, 0.2) is 0 Å². The van der Waals surface area contributed by atoms with Gasteiger partial charge < -0.3 is 30.3 Å². The third-order valence-electron chi connectivity index (χ3n) is 9.86. The highest BCUT2D eigenvalue weighted by Gasteiger charge is 2.36. The topological polar surface area (TPSA) is 140 Å². The zero-order valence-electron chi connectivity index (χ0n) is 28.5. The van der Waals surface area contributed by atoms with Gasteiger partial charge in [0.1, 0.15) is 35.4 Å². The average Bonchev–Trinajstić information content (AvgIpc) is 3.47. The molecule has 49 heavy (non-hydrogen) atoms. The van der Waals surface area contributed by atoms with Crippen LogP contribution in [0.5, 0.6) is 0 Å². The molecule has 11 nitrogen and oxygen atoms in total. The Kier molecular flexibility index (Phi) is 12.3. The number of nitriles is 1. The predicted octanol–water partition coefficient (Wildman–Crippen LogP) is 4.27. The monoisotopic (exact) mass is 683 g/mol. The molecule has 264 valence electrons. The lowest BCUT2D eigenvalue weighted by Gasteiger charge is -2.40. The first-order chi connectivity index (χ1) is 23.2. The van der Waals surface area contributed by atoms with Gasteiger partial charge in [-0.2, -0.15) is 14.0 Å². The molecule has 0 spiro atoms. The minimum absolute atomic E-state index is 0.00707. The number of allylic oxidation sites excluding steroid dienone is 1. The Morgan fingerprint density at radius 3 is 2.31 bits per heavy atom. The molecule has 0 radical (unpaired) electrons. The fourth-order valence-corrected chi connectivity index (χ4v) is 6.42. The summed E-state index contributed by atoms with van der Waals surface area (Å²) in [6.45, 7) is 7.08. The summed E-state index contributed by atoms with van der Waals surface area (Å²) in [5, 5.41) is 17.3. The number of anilines is 1. The molecule has 1 saturated heterocycles. The molecular formula is C35H44F3N7O4. The van der Waals surface area contributed by atoms with E-state index in [4.69, 9.17) is 0 Å². The van der Waals surface area contributed by atoms with Crippen LogP contribution in [-0.4, -0.2) is 82.8 Å². The maximum Gasteiger partial charge on any atom is 0.269 e. The van der Waals surface area contributed by atoms with Crippen LogP contribution in [0.15, 0.2) is 42.0 Å². The van der Waals surface area contributed by atoms with E-state index in [1.807, 2.05) is 20.0 Å². The van der Waals surface area contributed by atoms with Crippen molar-refractivity contribution in [3.8, 4) is 6.07 Å². The van der Waals surface area contributed by atoms with Gasteiger partial charge in [0.2, 0.25) is 17.7 Å². The summed E-state index contributed by atoms with van der Waals surface area (Å²) in [7, 11) is 3.51. The van der Waals surface area contributed by atoms with E-state index in [2.05, 4.69) is 20.9 Å². The third-order valence-corrected chi connectivity index (χ3v) is 9.86. The summed E-state index contributed by atoms with van der Waals surface area (Å²) in [6.07, 6.45) is -1.08. The first-order valence-corrected chi connectivity index (χ1v) is 16.5. The van der Waals surface area contributed by atoms with E-state index >= 15 is 4.39 Å². The summed E-state index contributed by atoms with van der Waals surface area (Å²) in [5.74, 6) is -3.88. The Bertz CT molecular complexity index is 1640. The molecule has 1 aliphatic carbocycles. The summed E-state index contributed by atoms with van der Waals surface area (Å²) >= 11 is 0. The predicted molar refractivity (Wildman–Crippen MR) is 177 cm³/mol. The molecule has 2 aliphatic rings. The van der Waals surface area contributed by atoms with Crippen molar-refractivity contribution in [1.29, 1.82) is 5.26 Å². The first kappa shape index (κ1) is 37.2. The molecular weight excluding hydrogens is 639 g/mol. The van der Waals surface area contributed by atoms with E-state index in [1.165, 1.54) is 35.9 Å². The summed E-state index contributed by atoms with van der Waals surface area (Å²) < 4.78 is 43.5. The van der Waals surface area contributed by atoms with E-state index in [0.717, 1.165) is 0 Å². The first-order valence-electron chi connectivity index (χ1n) is 16.5. The average molecular weight is 684 g/mol. The second-order valence-electron chi connectivity index (χ2n) is 13.0. The van der Waals surface area contributed by atoms with Crippen LogP contribution in [0.4, 0.5) is 18.9 Å². The van der Waals surface area contributed by atoms with Gasteiger partial charge in [0.05, 0.1) is 5.69 Å². The molecule has 2 aromatic rings. The van der Waals surface area contributed by atoms with E-state index in [0.29, 0.717) is 25.2 Å².